The van der Waals surface area contributed by atoms with Crippen molar-refractivity contribution in [3.63, 3.8) is 0 Å². The van der Waals surface area contributed by atoms with E-state index >= 15 is 0 Å². The molecular formula is C30H33F3N2O4. The van der Waals surface area contributed by atoms with Crippen molar-refractivity contribution in [2.45, 2.75) is 81.6 Å². The summed E-state index contributed by atoms with van der Waals surface area (Å²) in [6.07, 6.45) is -1.53. The summed E-state index contributed by atoms with van der Waals surface area (Å²) in [6.45, 7) is 3.72. The Morgan fingerprint density at radius 1 is 1.15 bits per heavy atom. The lowest BCUT2D eigenvalue weighted by atomic mass is 9.56. The molecule has 208 valence electrons. The van der Waals surface area contributed by atoms with Gasteiger partial charge >= 0.3 is 6.18 Å². The van der Waals surface area contributed by atoms with Gasteiger partial charge in [0.1, 0.15) is 11.6 Å². The minimum Gasteiger partial charge on any atom is -0.441 e. The lowest BCUT2D eigenvalue weighted by Gasteiger charge is -2.57. The van der Waals surface area contributed by atoms with E-state index in [1.165, 1.54) is 0 Å². The van der Waals surface area contributed by atoms with E-state index in [4.69, 9.17) is 9.15 Å². The second-order valence-corrected chi connectivity index (χ2v) is 12.6. The van der Waals surface area contributed by atoms with Crippen LogP contribution in [0.2, 0.25) is 0 Å². The molecule has 1 aromatic heterocycles. The van der Waals surface area contributed by atoms with Crippen molar-refractivity contribution < 1.29 is 32.5 Å². The number of aliphatic hydroxyl groups is 2. The molecular weight excluding hydrogens is 509 g/mol. The Morgan fingerprint density at radius 2 is 1.92 bits per heavy atom. The van der Waals surface area contributed by atoms with E-state index in [2.05, 4.69) is 11.1 Å². The number of aliphatic hydroxyl groups excluding tert-OH is 2. The smallest absolute Gasteiger partial charge is 0.413 e. The summed E-state index contributed by atoms with van der Waals surface area (Å²) < 4.78 is 57.2. The van der Waals surface area contributed by atoms with Crippen LogP contribution in [0.25, 0.3) is 16.7 Å². The molecule has 9 heteroatoms. The van der Waals surface area contributed by atoms with Crippen LogP contribution in [-0.4, -0.2) is 69.8 Å². The number of rotatable bonds is 2. The summed E-state index contributed by atoms with van der Waals surface area (Å²) >= 11 is 0. The average molecular weight is 543 g/mol. The number of fused-ring (bicyclic) bond motifs is 2. The first-order valence-corrected chi connectivity index (χ1v) is 13.6. The number of alkyl halides is 3. The summed E-state index contributed by atoms with van der Waals surface area (Å²) in [6, 6.07) is 5.28. The molecule has 7 unspecified atom stereocenters. The van der Waals surface area contributed by atoms with Crippen molar-refractivity contribution in [1.82, 2.24) is 9.88 Å². The Balaban J connectivity index is 1.39. The maximum Gasteiger partial charge on any atom is 0.413 e. The molecule has 2 bridgehead atoms. The van der Waals surface area contributed by atoms with Crippen molar-refractivity contribution >= 4 is 16.7 Å². The van der Waals surface area contributed by atoms with E-state index in [1.807, 2.05) is 44.1 Å². The van der Waals surface area contributed by atoms with Crippen molar-refractivity contribution in [3.05, 3.63) is 58.5 Å². The molecule has 7 rings (SSSR count). The number of benzene rings is 1. The second kappa shape index (κ2) is 7.84. The van der Waals surface area contributed by atoms with Gasteiger partial charge in [-0.05, 0) is 80.6 Å². The van der Waals surface area contributed by atoms with E-state index in [0.717, 1.165) is 11.1 Å². The molecule has 2 aliphatic heterocycles. The zero-order valence-electron chi connectivity index (χ0n) is 22.5. The highest BCUT2D eigenvalue weighted by Crippen LogP contribution is 2.70. The fraction of sp³-hybridized carbons (Fsp3) is 0.567. The Kier molecular flexibility index (Phi) is 5.13. The van der Waals surface area contributed by atoms with Gasteiger partial charge in [0.05, 0.1) is 17.3 Å². The number of nitrogens with zero attached hydrogens (tertiary/aromatic N) is 2. The Labute approximate surface area is 224 Å². The van der Waals surface area contributed by atoms with Gasteiger partial charge in [0, 0.05) is 29.9 Å². The third-order valence-corrected chi connectivity index (χ3v) is 10.3. The molecule has 2 spiro atoms. The zero-order chi connectivity index (χ0) is 27.7. The first-order valence-electron chi connectivity index (χ1n) is 13.6. The number of aryl methyl sites for hydroxylation is 1. The van der Waals surface area contributed by atoms with Crippen molar-refractivity contribution in [2.75, 3.05) is 14.1 Å². The number of aromatic nitrogens is 1. The molecule has 0 radical (unpaired) electrons. The number of allylic oxidation sites excluding steroid dienone is 3. The van der Waals surface area contributed by atoms with E-state index in [1.54, 1.807) is 13.0 Å². The van der Waals surface area contributed by atoms with Crippen LogP contribution >= 0.6 is 0 Å². The van der Waals surface area contributed by atoms with Gasteiger partial charge in [0.15, 0.2) is 11.5 Å². The predicted molar refractivity (Wildman–Crippen MR) is 139 cm³/mol. The van der Waals surface area contributed by atoms with E-state index in [0.29, 0.717) is 48.2 Å². The molecule has 2 aromatic rings. The quantitative estimate of drug-likeness (QED) is 0.551. The first-order chi connectivity index (χ1) is 18.3. The predicted octanol–water partition coefficient (Wildman–Crippen LogP) is 5.09. The lowest BCUT2D eigenvalue weighted by molar-refractivity contribution is -0.170. The van der Waals surface area contributed by atoms with Crippen LogP contribution < -0.4 is 0 Å². The molecule has 1 aromatic carbocycles. The van der Waals surface area contributed by atoms with E-state index < -0.39 is 40.6 Å². The van der Waals surface area contributed by atoms with Gasteiger partial charge < -0.3 is 24.3 Å². The van der Waals surface area contributed by atoms with Crippen molar-refractivity contribution in [3.8, 4) is 0 Å². The fourth-order valence-corrected chi connectivity index (χ4v) is 8.59. The normalized spacial score (nSPS) is 39.5. The molecule has 3 heterocycles. The third kappa shape index (κ3) is 3.27. The second-order valence-electron chi connectivity index (χ2n) is 12.6. The number of halogens is 3. The topological polar surface area (TPSA) is 79.0 Å². The van der Waals surface area contributed by atoms with Gasteiger partial charge in [-0.2, -0.15) is 13.2 Å². The van der Waals surface area contributed by atoms with Crippen molar-refractivity contribution in [2.24, 2.45) is 11.3 Å². The Bertz CT molecular complexity index is 1490. The van der Waals surface area contributed by atoms with Gasteiger partial charge in [-0.1, -0.05) is 25.1 Å². The van der Waals surface area contributed by atoms with E-state index in [9.17, 15) is 23.4 Å². The summed E-state index contributed by atoms with van der Waals surface area (Å²) in [5.74, 6) is 0.343. The third-order valence-electron chi connectivity index (χ3n) is 10.3. The highest BCUT2D eigenvalue weighted by molar-refractivity contribution is 5.82. The molecule has 3 aliphatic carbocycles. The summed E-state index contributed by atoms with van der Waals surface area (Å²) in [7, 11) is 3.68. The van der Waals surface area contributed by atoms with Crippen LogP contribution in [0.15, 0.2) is 51.5 Å². The maximum absolute atomic E-state index is 14.9. The molecule has 2 fully saturated rings. The fourth-order valence-electron chi connectivity index (χ4n) is 8.59. The van der Waals surface area contributed by atoms with Crippen LogP contribution in [-0.2, 0) is 4.74 Å². The molecule has 1 saturated carbocycles. The number of likely N-dealkylation sites (N-methyl/N-ethyl adjacent to an activating group) is 1. The molecule has 2 N–H and O–H groups in total. The van der Waals surface area contributed by atoms with Gasteiger partial charge in [-0.15, -0.1) is 0 Å². The number of ether oxygens (including phenoxy) is 1. The summed E-state index contributed by atoms with van der Waals surface area (Å²) in [5.41, 5.74) is 0.186. The number of hydrogen-bond acceptors (Lipinski definition) is 6. The van der Waals surface area contributed by atoms with Crippen LogP contribution in [0, 0.1) is 18.3 Å². The molecule has 39 heavy (non-hydrogen) atoms. The van der Waals surface area contributed by atoms with Crippen LogP contribution in [0.5, 0.6) is 0 Å². The molecule has 6 nitrogen and oxygen atoms in total. The van der Waals surface area contributed by atoms with Gasteiger partial charge in [-0.3, -0.25) is 0 Å². The molecule has 7 atom stereocenters. The minimum absolute atomic E-state index is 0.146. The maximum atomic E-state index is 14.9. The lowest BCUT2D eigenvalue weighted by Crippen LogP contribution is -2.62. The van der Waals surface area contributed by atoms with E-state index in [-0.39, 0.29) is 24.0 Å². The first kappa shape index (κ1) is 25.5. The Hall–Kier alpha value is -2.46. The van der Waals surface area contributed by atoms with Crippen LogP contribution in [0.1, 0.15) is 50.5 Å². The SMILES string of the molecule is Cc1nc2cc(C3=CCC4C3(C)CC(C(F)(F)F)=C3C=C5C(O)C(O)C(N(C)C)CC56CCC34O6)ccc2o1. The van der Waals surface area contributed by atoms with Gasteiger partial charge in [-0.25, -0.2) is 4.98 Å². The van der Waals surface area contributed by atoms with Crippen LogP contribution in [0.4, 0.5) is 13.2 Å². The Morgan fingerprint density at radius 3 is 2.64 bits per heavy atom. The van der Waals surface area contributed by atoms with Gasteiger partial charge in [0.2, 0.25) is 0 Å². The summed E-state index contributed by atoms with van der Waals surface area (Å²) in [5, 5.41) is 22.0. The summed E-state index contributed by atoms with van der Waals surface area (Å²) in [4.78, 5) is 6.31. The molecule has 0 amide bonds. The largest absolute Gasteiger partial charge is 0.441 e. The average Bonchev–Trinajstić information content (AvgIpc) is 3.50. The number of hydrogen-bond donors (Lipinski definition) is 2. The van der Waals surface area contributed by atoms with Crippen LogP contribution in [0.3, 0.4) is 0 Å². The minimum atomic E-state index is -4.56. The van der Waals surface area contributed by atoms with Gasteiger partial charge in [0.25, 0.3) is 0 Å². The highest BCUT2D eigenvalue weighted by Gasteiger charge is 2.69. The monoisotopic (exact) mass is 542 g/mol. The highest BCUT2D eigenvalue weighted by atomic mass is 19.4. The van der Waals surface area contributed by atoms with Crippen molar-refractivity contribution in [1.29, 1.82) is 0 Å². The molecule has 5 aliphatic rings. The molecule has 1 saturated heterocycles. The zero-order valence-corrected chi connectivity index (χ0v) is 22.5. The number of oxazole rings is 1. The standard InChI is InChI=1S/C30H33F3N2O4/c1-15-34-21-11-16(5-7-23(21)38-15)17-6-8-24-27(17,2)13-20(30(31,32)33)18-12-19-25(36)26(37)22(35(3)4)14-28(19)9-10-29(18,24)39-28/h5-7,11-12,22,24-26,36-37H,8-10,13-14H2,1-4H3.